The highest BCUT2D eigenvalue weighted by Crippen LogP contribution is 2.13. The maximum atomic E-state index is 5.24. The maximum absolute atomic E-state index is 5.24. The number of hydrogen-bond donors (Lipinski definition) is 0. The summed E-state index contributed by atoms with van der Waals surface area (Å²) in [6.07, 6.45) is 4.82. The molecule has 0 unspecified atom stereocenters. The molecule has 0 atom stereocenters. The Morgan fingerprint density at radius 2 is 1.91 bits per heavy atom. The molecule has 0 fully saturated rings. The largest absolute Gasteiger partial charge is 0.497 e. The van der Waals surface area contributed by atoms with Gasteiger partial charge in [-0.25, -0.2) is 0 Å². The third-order valence-corrected chi connectivity index (χ3v) is 1.89. The van der Waals surface area contributed by atoms with E-state index in [1.807, 2.05) is 12.1 Å². The Hall–Kier alpha value is -1.24. The molecule has 1 aliphatic heterocycles. The van der Waals surface area contributed by atoms with Crippen LogP contribution in [0.3, 0.4) is 0 Å². The number of rotatable bonds is 0. The zero-order valence-corrected chi connectivity index (χ0v) is 6.29. The first-order chi connectivity index (χ1) is 5.47. The minimum Gasteiger partial charge on any atom is -0.497 e. The summed E-state index contributed by atoms with van der Waals surface area (Å²) in [5.41, 5.74) is 2.68. The first kappa shape index (κ1) is 6.47. The monoisotopic (exact) mass is 146 g/mol. The van der Waals surface area contributed by atoms with Crippen LogP contribution in [0.1, 0.15) is 11.1 Å². The molecule has 1 aromatic rings. The summed E-state index contributed by atoms with van der Waals surface area (Å²) in [5.74, 6) is 0. The summed E-state index contributed by atoms with van der Waals surface area (Å²) in [4.78, 5) is 0. The van der Waals surface area contributed by atoms with E-state index < -0.39 is 0 Å². The molecule has 0 N–H and O–H groups in total. The summed E-state index contributed by atoms with van der Waals surface area (Å²) in [6.45, 7) is 0.715. The van der Waals surface area contributed by atoms with Crippen LogP contribution in [0, 0.1) is 0 Å². The molecule has 56 valence electrons. The zero-order chi connectivity index (χ0) is 7.52. The van der Waals surface area contributed by atoms with Crippen molar-refractivity contribution in [2.24, 2.45) is 0 Å². The standard InChI is InChI=1S/C10H10O/c1-2-5-10-8-11-7-3-6-9(10)4-1/h1-5,7H,6,8H2. The molecule has 0 saturated carbocycles. The van der Waals surface area contributed by atoms with Crippen molar-refractivity contribution in [3.05, 3.63) is 47.7 Å². The van der Waals surface area contributed by atoms with Crippen LogP contribution in [-0.4, -0.2) is 0 Å². The lowest BCUT2D eigenvalue weighted by molar-refractivity contribution is 0.238. The maximum Gasteiger partial charge on any atom is 0.113 e. The van der Waals surface area contributed by atoms with Crippen LogP contribution in [0.4, 0.5) is 0 Å². The number of benzene rings is 1. The molecule has 0 radical (unpaired) electrons. The second kappa shape index (κ2) is 2.79. The summed E-state index contributed by atoms with van der Waals surface area (Å²) in [6, 6.07) is 8.38. The fraction of sp³-hybridized carbons (Fsp3) is 0.200. The van der Waals surface area contributed by atoms with E-state index >= 15 is 0 Å². The van der Waals surface area contributed by atoms with E-state index in [1.54, 1.807) is 6.26 Å². The molecule has 0 spiro atoms. The molecular weight excluding hydrogens is 136 g/mol. The highest BCUT2D eigenvalue weighted by Gasteiger charge is 2.01. The van der Waals surface area contributed by atoms with E-state index in [2.05, 4.69) is 18.2 Å². The van der Waals surface area contributed by atoms with Gasteiger partial charge in [-0.1, -0.05) is 24.3 Å². The SMILES string of the molecule is C1=COCc2ccccc2C1. The van der Waals surface area contributed by atoms with Crippen LogP contribution in [-0.2, 0) is 17.8 Å². The smallest absolute Gasteiger partial charge is 0.113 e. The van der Waals surface area contributed by atoms with E-state index in [-0.39, 0.29) is 0 Å². The Kier molecular flexibility index (Phi) is 1.64. The second-order valence-electron chi connectivity index (χ2n) is 2.66. The van der Waals surface area contributed by atoms with Gasteiger partial charge in [-0.15, -0.1) is 0 Å². The highest BCUT2D eigenvalue weighted by atomic mass is 16.5. The van der Waals surface area contributed by atoms with Crippen molar-refractivity contribution in [2.75, 3.05) is 0 Å². The normalized spacial score (nSPS) is 14.9. The van der Waals surface area contributed by atoms with E-state index in [0.29, 0.717) is 6.61 Å². The minimum absolute atomic E-state index is 0.715. The molecule has 0 aromatic heterocycles. The van der Waals surface area contributed by atoms with E-state index in [0.717, 1.165) is 6.42 Å². The van der Waals surface area contributed by atoms with Gasteiger partial charge in [0.15, 0.2) is 0 Å². The molecule has 11 heavy (non-hydrogen) atoms. The van der Waals surface area contributed by atoms with Crippen molar-refractivity contribution in [1.29, 1.82) is 0 Å². The van der Waals surface area contributed by atoms with Crippen molar-refractivity contribution in [3.8, 4) is 0 Å². The fourth-order valence-electron chi connectivity index (χ4n) is 1.28. The Balaban J connectivity index is 2.40. The van der Waals surface area contributed by atoms with Crippen molar-refractivity contribution in [1.82, 2.24) is 0 Å². The lowest BCUT2D eigenvalue weighted by Crippen LogP contribution is -1.89. The van der Waals surface area contributed by atoms with Gasteiger partial charge in [-0.2, -0.15) is 0 Å². The van der Waals surface area contributed by atoms with Crippen LogP contribution < -0.4 is 0 Å². The molecule has 1 heterocycles. The molecule has 0 aliphatic carbocycles. The van der Waals surface area contributed by atoms with E-state index in [1.165, 1.54) is 11.1 Å². The van der Waals surface area contributed by atoms with Gasteiger partial charge in [0.25, 0.3) is 0 Å². The minimum atomic E-state index is 0.715. The third-order valence-electron chi connectivity index (χ3n) is 1.89. The van der Waals surface area contributed by atoms with Gasteiger partial charge in [0.2, 0.25) is 0 Å². The van der Waals surface area contributed by atoms with Crippen LogP contribution in [0.2, 0.25) is 0 Å². The average Bonchev–Trinajstić information content (AvgIpc) is 2.28. The Bertz CT molecular complexity index is 276. The lowest BCUT2D eigenvalue weighted by atomic mass is 10.1. The molecule has 0 saturated heterocycles. The van der Waals surface area contributed by atoms with Crippen LogP contribution in [0.15, 0.2) is 36.6 Å². The molecule has 1 heteroatoms. The van der Waals surface area contributed by atoms with E-state index in [9.17, 15) is 0 Å². The molecule has 0 bridgehead atoms. The Labute approximate surface area is 66.3 Å². The van der Waals surface area contributed by atoms with Crippen molar-refractivity contribution < 1.29 is 4.74 Å². The van der Waals surface area contributed by atoms with Gasteiger partial charge in [-0.05, 0) is 23.6 Å². The van der Waals surface area contributed by atoms with Gasteiger partial charge in [-0.3, -0.25) is 0 Å². The summed E-state index contributed by atoms with van der Waals surface area (Å²) < 4.78 is 5.24. The van der Waals surface area contributed by atoms with Crippen LogP contribution in [0.25, 0.3) is 0 Å². The van der Waals surface area contributed by atoms with Crippen LogP contribution in [0.5, 0.6) is 0 Å². The Morgan fingerprint density at radius 3 is 2.82 bits per heavy atom. The molecule has 1 aliphatic rings. The number of allylic oxidation sites excluding steroid dienone is 1. The summed E-state index contributed by atoms with van der Waals surface area (Å²) in [5, 5.41) is 0. The van der Waals surface area contributed by atoms with Crippen molar-refractivity contribution in [2.45, 2.75) is 13.0 Å². The van der Waals surface area contributed by atoms with Gasteiger partial charge in [0.05, 0.1) is 6.26 Å². The Morgan fingerprint density at radius 1 is 1.09 bits per heavy atom. The van der Waals surface area contributed by atoms with Gasteiger partial charge >= 0.3 is 0 Å². The predicted octanol–water partition coefficient (Wildman–Crippen LogP) is 2.27. The third kappa shape index (κ3) is 1.27. The van der Waals surface area contributed by atoms with Gasteiger partial charge in [0.1, 0.15) is 6.61 Å². The molecule has 0 amide bonds. The molecule has 1 nitrogen and oxygen atoms in total. The lowest BCUT2D eigenvalue weighted by Gasteiger charge is -2.02. The summed E-state index contributed by atoms with van der Waals surface area (Å²) in [7, 11) is 0. The molecule has 1 aromatic carbocycles. The molecule has 2 rings (SSSR count). The first-order valence-electron chi connectivity index (χ1n) is 3.80. The quantitative estimate of drug-likeness (QED) is 0.545. The van der Waals surface area contributed by atoms with Crippen molar-refractivity contribution in [3.63, 3.8) is 0 Å². The number of fused-ring (bicyclic) bond motifs is 1. The van der Waals surface area contributed by atoms with Gasteiger partial charge in [0, 0.05) is 0 Å². The highest BCUT2D eigenvalue weighted by molar-refractivity contribution is 5.29. The molecular formula is C10H10O. The van der Waals surface area contributed by atoms with Crippen LogP contribution >= 0.6 is 0 Å². The first-order valence-corrected chi connectivity index (χ1v) is 3.80. The van der Waals surface area contributed by atoms with E-state index in [4.69, 9.17) is 4.74 Å². The van der Waals surface area contributed by atoms with Gasteiger partial charge < -0.3 is 4.74 Å². The summed E-state index contributed by atoms with van der Waals surface area (Å²) >= 11 is 0. The average molecular weight is 146 g/mol. The number of ether oxygens (including phenoxy) is 1. The van der Waals surface area contributed by atoms with Crippen molar-refractivity contribution >= 4 is 0 Å². The zero-order valence-electron chi connectivity index (χ0n) is 6.29. The fourth-order valence-corrected chi connectivity index (χ4v) is 1.28. The predicted molar refractivity (Wildman–Crippen MR) is 44.1 cm³/mol. The topological polar surface area (TPSA) is 9.23 Å². The second-order valence-corrected chi connectivity index (χ2v) is 2.66. The number of hydrogen-bond acceptors (Lipinski definition) is 1.